The molecule has 1 rings (SSSR count). The molecule has 0 saturated heterocycles. The van der Waals surface area contributed by atoms with Gasteiger partial charge in [-0.1, -0.05) is 12.0 Å². The third kappa shape index (κ3) is 4.01. The lowest BCUT2D eigenvalue weighted by Gasteiger charge is -2.14. The fourth-order valence-electron chi connectivity index (χ4n) is 1.80. The van der Waals surface area contributed by atoms with Crippen molar-refractivity contribution in [2.75, 3.05) is 6.26 Å². The summed E-state index contributed by atoms with van der Waals surface area (Å²) in [6.45, 7) is 1.70. The zero-order chi connectivity index (χ0) is 13.5. The lowest BCUT2D eigenvalue weighted by Crippen LogP contribution is -2.07. The van der Waals surface area contributed by atoms with Crippen molar-refractivity contribution in [1.29, 1.82) is 0 Å². The topological polar surface area (TPSA) is 57.5 Å². The van der Waals surface area contributed by atoms with Gasteiger partial charge in [0.25, 0.3) is 0 Å². The van der Waals surface area contributed by atoms with E-state index >= 15 is 0 Å². The molecule has 3 nitrogen and oxygen atoms in total. The molecule has 0 aliphatic rings. The zero-order valence-electron chi connectivity index (χ0n) is 10.4. The first-order chi connectivity index (χ1) is 8.58. The Morgan fingerprint density at radius 1 is 1.50 bits per heavy atom. The standard InChI is InChI=1S/C14H16O3S/c1-3-4-10(8-14(16)17)13-6-5-12(15)7-11(13)9-18-2/h5-7,10,15H,8-9H2,1-2H3,(H,16,17)/t10-/m0/s1. The first-order valence-corrected chi connectivity index (χ1v) is 6.92. The molecule has 0 saturated carbocycles. The van der Waals surface area contributed by atoms with E-state index < -0.39 is 5.97 Å². The molecule has 0 fully saturated rings. The summed E-state index contributed by atoms with van der Waals surface area (Å²) >= 11 is 1.63. The lowest BCUT2D eigenvalue weighted by molar-refractivity contribution is -0.137. The van der Waals surface area contributed by atoms with Crippen LogP contribution < -0.4 is 0 Å². The molecule has 1 aromatic rings. The molecule has 2 N–H and O–H groups in total. The van der Waals surface area contributed by atoms with E-state index in [0.717, 1.165) is 16.9 Å². The number of benzene rings is 1. The van der Waals surface area contributed by atoms with Gasteiger partial charge in [-0.25, -0.2) is 0 Å². The zero-order valence-corrected chi connectivity index (χ0v) is 11.3. The molecule has 0 unspecified atom stereocenters. The highest BCUT2D eigenvalue weighted by molar-refractivity contribution is 7.97. The summed E-state index contributed by atoms with van der Waals surface area (Å²) in [4.78, 5) is 10.9. The second-order valence-electron chi connectivity index (χ2n) is 3.86. The van der Waals surface area contributed by atoms with E-state index in [1.807, 2.05) is 6.26 Å². The Labute approximate surface area is 111 Å². The Kier molecular flexibility index (Phi) is 5.60. The maximum absolute atomic E-state index is 10.9. The number of phenols is 1. The summed E-state index contributed by atoms with van der Waals surface area (Å²) in [5.74, 6) is 5.43. The summed E-state index contributed by atoms with van der Waals surface area (Å²) in [5, 5.41) is 18.4. The van der Waals surface area contributed by atoms with Crippen LogP contribution in [0, 0.1) is 11.8 Å². The van der Waals surface area contributed by atoms with Crippen LogP contribution in [0.1, 0.15) is 30.4 Å². The van der Waals surface area contributed by atoms with Gasteiger partial charge in [0.05, 0.1) is 12.3 Å². The number of hydrogen-bond acceptors (Lipinski definition) is 3. The molecular weight excluding hydrogens is 248 g/mol. The molecule has 1 atom stereocenters. The van der Waals surface area contributed by atoms with E-state index in [1.54, 1.807) is 36.9 Å². The number of rotatable bonds is 5. The third-order valence-corrected chi connectivity index (χ3v) is 3.10. The van der Waals surface area contributed by atoms with Gasteiger partial charge in [-0.05, 0) is 36.4 Å². The van der Waals surface area contributed by atoms with Crippen molar-refractivity contribution in [3.8, 4) is 17.6 Å². The van der Waals surface area contributed by atoms with Gasteiger partial charge in [0.2, 0.25) is 0 Å². The Morgan fingerprint density at radius 3 is 2.78 bits per heavy atom. The summed E-state index contributed by atoms with van der Waals surface area (Å²) in [5.41, 5.74) is 1.83. The number of hydrogen-bond donors (Lipinski definition) is 2. The molecule has 0 amide bonds. The minimum absolute atomic E-state index is 0.0208. The molecule has 0 aliphatic carbocycles. The summed E-state index contributed by atoms with van der Waals surface area (Å²) in [7, 11) is 0. The fourth-order valence-corrected chi connectivity index (χ4v) is 2.36. The largest absolute Gasteiger partial charge is 0.508 e. The molecule has 18 heavy (non-hydrogen) atoms. The van der Waals surface area contributed by atoms with E-state index in [2.05, 4.69) is 11.8 Å². The second kappa shape index (κ2) is 6.97. The predicted molar refractivity (Wildman–Crippen MR) is 73.8 cm³/mol. The predicted octanol–water partition coefficient (Wildman–Crippen LogP) is 2.84. The van der Waals surface area contributed by atoms with Crippen molar-refractivity contribution in [3.63, 3.8) is 0 Å². The van der Waals surface area contributed by atoms with Gasteiger partial charge in [-0.15, -0.1) is 5.92 Å². The van der Waals surface area contributed by atoms with Gasteiger partial charge in [0.1, 0.15) is 5.75 Å². The van der Waals surface area contributed by atoms with E-state index in [1.165, 1.54) is 0 Å². The summed E-state index contributed by atoms with van der Waals surface area (Å²) < 4.78 is 0. The Morgan fingerprint density at radius 2 is 2.22 bits per heavy atom. The normalized spacial score (nSPS) is 11.4. The minimum Gasteiger partial charge on any atom is -0.508 e. The van der Waals surface area contributed by atoms with E-state index in [4.69, 9.17) is 5.11 Å². The van der Waals surface area contributed by atoms with Crippen molar-refractivity contribution in [3.05, 3.63) is 29.3 Å². The van der Waals surface area contributed by atoms with Crippen LogP contribution in [0.5, 0.6) is 5.75 Å². The van der Waals surface area contributed by atoms with Gasteiger partial charge < -0.3 is 10.2 Å². The maximum Gasteiger partial charge on any atom is 0.304 e. The van der Waals surface area contributed by atoms with Crippen LogP contribution in [0.2, 0.25) is 0 Å². The highest BCUT2D eigenvalue weighted by atomic mass is 32.2. The van der Waals surface area contributed by atoms with Crippen molar-refractivity contribution in [2.24, 2.45) is 0 Å². The highest BCUT2D eigenvalue weighted by Gasteiger charge is 2.16. The first kappa shape index (κ1) is 14.5. The van der Waals surface area contributed by atoms with Crippen LogP contribution in [-0.4, -0.2) is 22.4 Å². The van der Waals surface area contributed by atoms with Crippen LogP contribution in [0.4, 0.5) is 0 Å². The van der Waals surface area contributed by atoms with Gasteiger partial charge in [-0.2, -0.15) is 11.8 Å². The molecule has 4 heteroatoms. The van der Waals surface area contributed by atoms with Crippen LogP contribution in [0.25, 0.3) is 0 Å². The maximum atomic E-state index is 10.9. The van der Waals surface area contributed by atoms with E-state index in [-0.39, 0.29) is 18.1 Å². The van der Waals surface area contributed by atoms with Crippen LogP contribution >= 0.6 is 11.8 Å². The third-order valence-electron chi connectivity index (χ3n) is 2.50. The van der Waals surface area contributed by atoms with Crippen LogP contribution in [0.3, 0.4) is 0 Å². The molecule has 0 bridgehead atoms. The molecule has 0 radical (unpaired) electrons. The van der Waals surface area contributed by atoms with Crippen molar-refractivity contribution < 1.29 is 15.0 Å². The number of carboxylic acid groups (broad SMARTS) is 1. The van der Waals surface area contributed by atoms with Gasteiger partial charge in [-0.3, -0.25) is 4.79 Å². The molecule has 0 aliphatic heterocycles. The number of phenolic OH excluding ortho intramolecular Hbond substituents is 1. The number of aliphatic carboxylic acids is 1. The quantitative estimate of drug-likeness (QED) is 0.803. The molecule has 1 aromatic carbocycles. The molecule has 0 heterocycles. The Bertz CT molecular complexity index is 486. The second-order valence-corrected chi connectivity index (χ2v) is 4.73. The number of aromatic hydroxyl groups is 1. The van der Waals surface area contributed by atoms with E-state index in [0.29, 0.717) is 0 Å². The average Bonchev–Trinajstić information content (AvgIpc) is 2.28. The van der Waals surface area contributed by atoms with Crippen molar-refractivity contribution in [1.82, 2.24) is 0 Å². The average molecular weight is 264 g/mol. The molecular formula is C14H16O3S. The van der Waals surface area contributed by atoms with Gasteiger partial charge in [0, 0.05) is 5.75 Å². The van der Waals surface area contributed by atoms with Crippen LogP contribution in [0.15, 0.2) is 18.2 Å². The Balaban J connectivity index is 3.16. The van der Waals surface area contributed by atoms with Crippen LogP contribution in [-0.2, 0) is 10.5 Å². The fraction of sp³-hybridized carbons (Fsp3) is 0.357. The van der Waals surface area contributed by atoms with Crippen molar-refractivity contribution >= 4 is 17.7 Å². The SMILES string of the molecule is CC#C[C@@H](CC(=O)O)c1ccc(O)cc1CSC. The summed E-state index contributed by atoms with van der Waals surface area (Å²) in [6.07, 6.45) is 1.94. The first-order valence-electron chi connectivity index (χ1n) is 5.53. The van der Waals surface area contributed by atoms with Gasteiger partial charge in [0.15, 0.2) is 0 Å². The van der Waals surface area contributed by atoms with Gasteiger partial charge >= 0.3 is 5.97 Å². The monoisotopic (exact) mass is 264 g/mol. The van der Waals surface area contributed by atoms with E-state index in [9.17, 15) is 9.90 Å². The number of thioether (sulfide) groups is 1. The molecule has 0 aromatic heterocycles. The molecule has 0 spiro atoms. The lowest BCUT2D eigenvalue weighted by atomic mass is 9.92. The highest BCUT2D eigenvalue weighted by Crippen LogP contribution is 2.28. The number of carboxylic acids is 1. The number of carbonyl (C=O) groups is 1. The summed E-state index contributed by atoms with van der Waals surface area (Å²) in [6, 6.07) is 5.02. The smallest absolute Gasteiger partial charge is 0.304 e. The minimum atomic E-state index is -0.870. The Hall–Kier alpha value is -1.60. The molecule has 96 valence electrons. The van der Waals surface area contributed by atoms with Crippen molar-refractivity contribution in [2.45, 2.75) is 25.0 Å².